The number of ether oxygens (including phenoxy) is 1. The van der Waals surface area contributed by atoms with Gasteiger partial charge in [0.1, 0.15) is 0 Å². The molecule has 0 bridgehead atoms. The number of hydrogen-bond donors (Lipinski definition) is 0. The van der Waals surface area contributed by atoms with Crippen LogP contribution in [0.15, 0.2) is 54.6 Å². The fourth-order valence-corrected chi connectivity index (χ4v) is 2.56. The average Bonchev–Trinajstić information content (AvgIpc) is 2.46. The van der Waals surface area contributed by atoms with Crippen LogP contribution < -0.4 is 0 Å². The van der Waals surface area contributed by atoms with Crippen molar-refractivity contribution in [3.63, 3.8) is 0 Å². The van der Waals surface area contributed by atoms with Gasteiger partial charge in [-0.3, -0.25) is 0 Å². The van der Waals surface area contributed by atoms with Gasteiger partial charge in [-0.25, -0.2) is 0 Å². The van der Waals surface area contributed by atoms with Crippen LogP contribution in [0.3, 0.4) is 0 Å². The van der Waals surface area contributed by atoms with E-state index in [0.717, 1.165) is 5.33 Å². The van der Waals surface area contributed by atoms with Gasteiger partial charge in [0.2, 0.25) is 0 Å². The van der Waals surface area contributed by atoms with Crippen LogP contribution in [0.5, 0.6) is 0 Å². The van der Waals surface area contributed by atoms with E-state index in [1.165, 1.54) is 16.7 Å². The summed E-state index contributed by atoms with van der Waals surface area (Å²) in [7, 11) is 0. The average molecular weight is 319 g/mol. The zero-order valence-corrected chi connectivity index (χ0v) is 12.9. The van der Waals surface area contributed by atoms with Crippen LogP contribution in [0.25, 0.3) is 0 Å². The molecule has 0 saturated carbocycles. The summed E-state index contributed by atoms with van der Waals surface area (Å²) in [6.45, 7) is 4.19. The van der Waals surface area contributed by atoms with Crippen molar-refractivity contribution in [2.75, 3.05) is 5.33 Å². The SMILES string of the molecule is Cc1ccc(C(CBr)OC(C)c2ccccc2)cc1. The normalized spacial score (nSPS) is 14.1. The molecule has 0 fully saturated rings. The minimum Gasteiger partial charge on any atom is -0.365 e. The predicted octanol–water partition coefficient (Wildman–Crippen LogP) is 5.21. The number of hydrogen-bond acceptors (Lipinski definition) is 1. The smallest absolute Gasteiger partial charge is 0.0929 e. The van der Waals surface area contributed by atoms with Gasteiger partial charge in [-0.15, -0.1) is 0 Å². The number of alkyl halides is 1. The summed E-state index contributed by atoms with van der Waals surface area (Å²) in [5.41, 5.74) is 3.69. The lowest BCUT2D eigenvalue weighted by molar-refractivity contribution is 0.00932. The molecular weight excluding hydrogens is 300 g/mol. The molecule has 0 aliphatic carbocycles. The number of benzene rings is 2. The highest BCUT2D eigenvalue weighted by Gasteiger charge is 2.15. The third kappa shape index (κ3) is 3.92. The first-order chi connectivity index (χ1) is 9.20. The zero-order chi connectivity index (χ0) is 13.7. The number of rotatable bonds is 5. The quantitative estimate of drug-likeness (QED) is 0.688. The molecule has 2 heteroatoms. The minimum absolute atomic E-state index is 0.0795. The lowest BCUT2D eigenvalue weighted by atomic mass is 10.1. The molecule has 0 aliphatic rings. The van der Waals surface area contributed by atoms with Crippen molar-refractivity contribution in [1.29, 1.82) is 0 Å². The van der Waals surface area contributed by atoms with Crippen molar-refractivity contribution < 1.29 is 4.74 Å². The van der Waals surface area contributed by atoms with Crippen LogP contribution in [-0.4, -0.2) is 5.33 Å². The molecule has 0 saturated heterocycles. The lowest BCUT2D eigenvalue weighted by Gasteiger charge is -2.21. The van der Waals surface area contributed by atoms with Crippen molar-refractivity contribution in [2.45, 2.75) is 26.1 Å². The predicted molar refractivity (Wildman–Crippen MR) is 83.7 cm³/mol. The third-order valence-electron chi connectivity index (χ3n) is 3.23. The molecule has 2 rings (SSSR count). The summed E-state index contributed by atoms with van der Waals surface area (Å²) in [5, 5.41) is 0.799. The molecule has 1 nitrogen and oxygen atoms in total. The van der Waals surface area contributed by atoms with E-state index < -0.39 is 0 Å². The Labute approximate surface area is 123 Å². The maximum Gasteiger partial charge on any atom is 0.0929 e. The molecule has 0 aromatic heterocycles. The summed E-state index contributed by atoms with van der Waals surface area (Å²) in [5.74, 6) is 0. The third-order valence-corrected chi connectivity index (χ3v) is 3.81. The highest BCUT2D eigenvalue weighted by atomic mass is 79.9. The molecule has 19 heavy (non-hydrogen) atoms. The monoisotopic (exact) mass is 318 g/mol. The van der Waals surface area contributed by atoms with E-state index in [1.54, 1.807) is 0 Å². The lowest BCUT2D eigenvalue weighted by Crippen LogP contribution is -2.09. The zero-order valence-electron chi connectivity index (χ0n) is 11.3. The molecule has 2 unspecified atom stereocenters. The number of halogens is 1. The van der Waals surface area contributed by atoms with Gasteiger partial charge in [0.15, 0.2) is 0 Å². The number of aryl methyl sites for hydroxylation is 1. The van der Waals surface area contributed by atoms with E-state index in [4.69, 9.17) is 4.74 Å². The van der Waals surface area contributed by atoms with Crippen LogP contribution in [0.1, 0.15) is 35.8 Å². The van der Waals surface area contributed by atoms with E-state index in [2.05, 4.69) is 66.2 Å². The van der Waals surface area contributed by atoms with E-state index in [9.17, 15) is 0 Å². The molecule has 0 radical (unpaired) electrons. The largest absolute Gasteiger partial charge is 0.365 e. The fraction of sp³-hybridized carbons (Fsp3) is 0.294. The molecule has 0 N–H and O–H groups in total. The Hall–Kier alpha value is -1.12. The molecule has 2 atom stereocenters. The van der Waals surface area contributed by atoms with Gasteiger partial charge < -0.3 is 4.74 Å². The summed E-state index contributed by atoms with van der Waals surface area (Å²) in [6, 6.07) is 18.9. The second-order valence-electron chi connectivity index (χ2n) is 4.74. The van der Waals surface area contributed by atoms with Crippen LogP contribution in [0.4, 0.5) is 0 Å². The van der Waals surface area contributed by atoms with Crippen molar-refractivity contribution in [3.8, 4) is 0 Å². The Morgan fingerprint density at radius 3 is 2.16 bits per heavy atom. The second-order valence-corrected chi connectivity index (χ2v) is 5.39. The Morgan fingerprint density at radius 1 is 0.947 bits per heavy atom. The van der Waals surface area contributed by atoms with Crippen LogP contribution in [0.2, 0.25) is 0 Å². The maximum absolute atomic E-state index is 6.16. The first-order valence-corrected chi connectivity index (χ1v) is 7.66. The van der Waals surface area contributed by atoms with Crippen molar-refractivity contribution >= 4 is 15.9 Å². The molecular formula is C17H19BrO. The molecule has 0 spiro atoms. The van der Waals surface area contributed by atoms with Gasteiger partial charge in [-0.2, -0.15) is 0 Å². The standard InChI is InChI=1S/C17H19BrO/c1-13-8-10-16(11-9-13)17(12-18)19-14(2)15-6-4-3-5-7-15/h3-11,14,17H,12H2,1-2H3. The summed E-state index contributed by atoms with van der Waals surface area (Å²) < 4.78 is 6.16. The van der Waals surface area contributed by atoms with Crippen LogP contribution in [-0.2, 0) is 4.74 Å². The van der Waals surface area contributed by atoms with E-state index >= 15 is 0 Å². The molecule has 2 aromatic carbocycles. The van der Waals surface area contributed by atoms with Crippen molar-refractivity contribution in [1.82, 2.24) is 0 Å². The Morgan fingerprint density at radius 2 is 1.58 bits per heavy atom. The minimum atomic E-state index is 0.0795. The van der Waals surface area contributed by atoms with Gasteiger partial charge in [0.05, 0.1) is 12.2 Å². The highest BCUT2D eigenvalue weighted by molar-refractivity contribution is 9.09. The van der Waals surface area contributed by atoms with Gasteiger partial charge in [-0.1, -0.05) is 76.1 Å². The van der Waals surface area contributed by atoms with Gasteiger partial charge in [0, 0.05) is 5.33 Å². The van der Waals surface area contributed by atoms with Crippen molar-refractivity contribution in [2.24, 2.45) is 0 Å². The summed E-state index contributed by atoms with van der Waals surface area (Å²) in [6.07, 6.45) is 0.167. The summed E-state index contributed by atoms with van der Waals surface area (Å²) in [4.78, 5) is 0. The van der Waals surface area contributed by atoms with E-state index in [-0.39, 0.29) is 12.2 Å². The Bertz CT molecular complexity index is 492. The van der Waals surface area contributed by atoms with Crippen molar-refractivity contribution in [3.05, 3.63) is 71.3 Å². The first-order valence-electron chi connectivity index (χ1n) is 6.53. The fourth-order valence-electron chi connectivity index (χ4n) is 2.03. The summed E-state index contributed by atoms with van der Waals surface area (Å²) >= 11 is 3.55. The van der Waals surface area contributed by atoms with E-state index in [1.807, 2.05) is 18.2 Å². The molecule has 100 valence electrons. The van der Waals surface area contributed by atoms with Crippen LogP contribution in [0, 0.1) is 6.92 Å². The van der Waals surface area contributed by atoms with Crippen LogP contribution >= 0.6 is 15.9 Å². The first kappa shape index (κ1) is 14.3. The maximum atomic E-state index is 6.16. The highest BCUT2D eigenvalue weighted by Crippen LogP contribution is 2.28. The second kappa shape index (κ2) is 6.88. The van der Waals surface area contributed by atoms with Gasteiger partial charge in [0.25, 0.3) is 0 Å². The van der Waals surface area contributed by atoms with Gasteiger partial charge >= 0.3 is 0 Å². The Kier molecular flexibility index (Phi) is 5.17. The Balaban J connectivity index is 2.09. The van der Waals surface area contributed by atoms with Gasteiger partial charge in [-0.05, 0) is 25.0 Å². The van der Waals surface area contributed by atoms with E-state index in [0.29, 0.717) is 0 Å². The molecule has 2 aromatic rings. The topological polar surface area (TPSA) is 9.23 Å². The molecule has 0 aliphatic heterocycles. The molecule has 0 amide bonds. The molecule has 0 heterocycles.